The Morgan fingerprint density at radius 1 is 0.762 bits per heavy atom. The molecule has 3 fully saturated rings. The van der Waals surface area contributed by atoms with Crippen molar-refractivity contribution in [1.29, 1.82) is 0 Å². The second kappa shape index (κ2) is 5.58. The lowest BCUT2D eigenvalue weighted by molar-refractivity contribution is 0.194. The molecular weight excluding hydrogens is 282 g/mol. The van der Waals surface area contributed by atoms with Gasteiger partial charge in [0.2, 0.25) is 5.75 Å². The van der Waals surface area contributed by atoms with Gasteiger partial charge in [0.25, 0.3) is 11.8 Å². The van der Waals surface area contributed by atoms with Crippen LogP contribution in [0.1, 0.15) is 0 Å². The van der Waals surface area contributed by atoms with Crippen molar-refractivity contribution in [2.45, 2.75) is 18.3 Å². The number of nitrogens with zero attached hydrogens (tertiary/aromatic N) is 3. The van der Waals surface area contributed by atoms with Gasteiger partial charge in [-0.1, -0.05) is 10.2 Å². The molecular formula is C12H15N3O6. The molecule has 4 heterocycles. The predicted octanol–water partition coefficient (Wildman–Crippen LogP) is -0.796. The molecule has 0 N–H and O–H groups in total. The SMILES string of the molecule is C(Oc1nnnc(OCC2CO2)c1OCC1CO1)C1CO1. The standard InChI is InChI=1S/C12H15N3O6/c1-7(16-1)4-19-10-11(20-5-8-2-17-8)13-15-14-12(10)21-6-9-3-18-9/h7-9H,1-6H2. The summed E-state index contributed by atoms with van der Waals surface area (Å²) in [7, 11) is 0. The first-order valence-corrected chi connectivity index (χ1v) is 6.85. The van der Waals surface area contributed by atoms with Gasteiger partial charge in [-0.25, -0.2) is 0 Å². The number of aromatic nitrogens is 3. The van der Waals surface area contributed by atoms with Crippen molar-refractivity contribution in [1.82, 2.24) is 15.4 Å². The minimum absolute atomic E-state index is 0.109. The highest BCUT2D eigenvalue weighted by Crippen LogP contribution is 2.34. The molecule has 3 aliphatic heterocycles. The Bertz CT molecular complexity index is 470. The normalized spacial score (nSPS) is 28.9. The van der Waals surface area contributed by atoms with E-state index >= 15 is 0 Å². The zero-order valence-electron chi connectivity index (χ0n) is 11.3. The third-order valence-electron chi connectivity index (χ3n) is 3.09. The van der Waals surface area contributed by atoms with E-state index in [2.05, 4.69) is 15.4 Å². The van der Waals surface area contributed by atoms with Crippen molar-refractivity contribution in [2.75, 3.05) is 39.6 Å². The highest BCUT2D eigenvalue weighted by atomic mass is 16.6. The summed E-state index contributed by atoms with van der Waals surface area (Å²) in [6, 6.07) is 0. The number of rotatable bonds is 9. The molecule has 3 saturated heterocycles. The maximum Gasteiger partial charge on any atom is 0.284 e. The van der Waals surface area contributed by atoms with E-state index in [1.807, 2.05) is 0 Å². The Balaban J connectivity index is 1.45. The van der Waals surface area contributed by atoms with Gasteiger partial charge in [-0.3, -0.25) is 0 Å². The van der Waals surface area contributed by atoms with Crippen LogP contribution in [0, 0.1) is 0 Å². The molecule has 114 valence electrons. The molecule has 1 aromatic heterocycles. The maximum absolute atomic E-state index is 5.68. The third-order valence-corrected chi connectivity index (χ3v) is 3.09. The fraction of sp³-hybridized carbons (Fsp3) is 0.750. The quantitative estimate of drug-likeness (QED) is 0.542. The largest absolute Gasteiger partial charge is 0.481 e. The second-order valence-corrected chi connectivity index (χ2v) is 5.03. The summed E-state index contributed by atoms with van der Waals surface area (Å²) in [6.45, 7) is 3.31. The van der Waals surface area contributed by atoms with Crippen molar-refractivity contribution in [3.05, 3.63) is 0 Å². The molecule has 4 rings (SSSR count). The van der Waals surface area contributed by atoms with Crippen LogP contribution in [-0.4, -0.2) is 73.4 Å². The van der Waals surface area contributed by atoms with Crippen LogP contribution in [0.3, 0.4) is 0 Å². The summed E-state index contributed by atoms with van der Waals surface area (Å²) < 4.78 is 32.1. The molecule has 0 radical (unpaired) electrons. The smallest absolute Gasteiger partial charge is 0.284 e. The molecule has 0 amide bonds. The van der Waals surface area contributed by atoms with Gasteiger partial charge in [0.1, 0.15) is 38.1 Å². The lowest BCUT2D eigenvalue weighted by Gasteiger charge is -2.12. The Morgan fingerprint density at radius 3 is 1.62 bits per heavy atom. The van der Waals surface area contributed by atoms with Gasteiger partial charge in [0.15, 0.2) is 0 Å². The first-order valence-electron chi connectivity index (χ1n) is 6.85. The molecule has 0 saturated carbocycles. The average Bonchev–Trinajstić information content (AvgIpc) is 3.38. The molecule has 0 aliphatic carbocycles. The van der Waals surface area contributed by atoms with Crippen LogP contribution in [-0.2, 0) is 14.2 Å². The molecule has 3 atom stereocenters. The van der Waals surface area contributed by atoms with Crippen LogP contribution >= 0.6 is 0 Å². The van der Waals surface area contributed by atoms with Gasteiger partial charge in [-0.05, 0) is 5.21 Å². The zero-order valence-corrected chi connectivity index (χ0v) is 11.3. The minimum Gasteiger partial charge on any atom is -0.481 e. The van der Waals surface area contributed by atoms with E-state index in [9.17, 15) is 0 Å². The fourth-order valence-corrected chi connectivity index (χ4v) is 1.61. The topological polar surface area (TPSA) is 104 Å². The van der Waals surface area contributed by atoms with Gasteiger partial charge < -0.3 is 28.4 Å². The van der Waals surface area contributed by atoms with E-state index in [0.717, 1.165) is 0 Å². The molecule has 21 heavy (non-hydrogen) atoms. The van der Waals surface area contributed by atoms with Crippen LogP contribution in [0.5, 0.6) is 17.5 Å². The second-order valence-electron chi connectivity index (χ2n) is 5.03. The number of epoxide rings is 3. The van der Waals surface area contributed by atoms with E-state index in [0.29, 0.717) is 45.4 Å². The molecule has 1 aromatic rings. The first kappa shape index (κ1) is 13.0. The van der Waals surface area contributed by atoms with E-state index in [1.54, 1.807) is 0 Å². The van der Waals surface area contributed by atoms with Crippen molar-refractivity contribution in [3.8, 4) is 17.5 Å². The summed E-state index contributed by atoms with van der Waals surface area (Å²) in [6.07, 6.45) is 0.338. The highest BCUT2D eigenvalue weighted by molar-refractivity contribution is 5.41. The minimum atomic E-state index is 0.109. The molecule has 3 aliphatic rings. The summed E-state index contributed by atoms with van der Waals surface area (Å²) >= 11 is 0. The Kier molecular flexibility index (Phi) is 3.45. The Hall–Kier alpha value is -1.71. The lowest BCUT2D eigenvalue weighted by atomic mass is 10.4. The van der Waals surface area contributed by atoms with Crippen molar-refractivity contribution in [3.63, 3.8) is 0 Å². The number of hydrogen-bond donors (Lipinski definition) is 0. The van der Waals surface area contributed by atoms with Gasteiger partial charge in [0, 0.05) is 0 Å². The van der Waals surface area contributed by atoms with Crippen molar-refractivity contribution < 1.29 is 28.4 Å². The fourth-order valence-electron chi connectivity index (χ4n) is 1.61. The molecule has 0 aromatic carbocycles. The number of ether oxygens (including phenoxy) is 6. The number of hydrogen-bond acceptors (Lipinski definition) is 9. The lowest BCUT2D eigenvalue weighted by Crippen LogP contribution is -2.14. The zero-order chi connectivity index (χ0) is 14.1. The van der Waals surface area contributed by atoms with Crippen molar-refractivity contribution >= 4 is 0 Å². The van der Waals surface area contributed by atoms with Crippen molar-refractivity contribution in [2.24, 2.45) is 0 Å². The summed E-state index contributed by atoms with van der Waals surface area (Å²) in [5.74, 6) is 0.863. The molecule has 9 heteroatoms. The Labute approximate surface area is 120 Å². The van der Waals surface area contributed by atoms with Crippen LogP contribution in [0.2, 0.25) is 0 Å². The molecule has 9 nitrogen and oxygen atoms in total. The molecule has 3 unspecified atom stereocenters. The van der Waals surface area contributed by atoms with E-state index < -0.39 is 0 Å². The molecule has 0 bridgehead atoms. The van der Waals surface area contributed by atoms with Gasteiger partial charge >= 0.3 is 0 Å². The van der Waals surface area contributed by atoms with Gasteiger partial charge in [-0.15, -0.1) is 0 Å². The average molecular weight is 297 g/mol. The monoisotopic (exact) mass is 297 g/mol. The van der Waals surface area contributed by atoms with E-state index in [1.165, 1.54) is 0 Å². The summed E-state index contributed by atoms with van der Waals surface area (Å²) in [5.41, 5.74) is 0. The summed E-state index contributed by atoms with van der Waals surface area (Å²) in [4.78, 5) is 0. The van der Waals surface area contributed by atoms with E-state index in [4.69, 9.17) is 28.4 Å². The summed E-state index contributed by atoms with van der Waals surface area (Å²) in [5, 5.41) is 11.4. The van der Waals surface area contributed by atoms with Crippen LogP contribution in [0.15, 0.2) is 0 Å². The highest BCUT2D eigenvalue weighted by Gasteiger charge is 2.29. The third kappa shape index (κ3) is 3.69. The van der Waals surface area contributed by atoms with Gasteiger partial charge in [0.05, 0.1) is 19.8 Å². The molecule has 0 spiro atoms. The Morgan fingerprint density at radius 2 is 1.19 bits per heavy atom. The maximum atomic E-state index is 5.68. The van der Waals surface area contributed by atoms with Crippen LogP contribution in [0.25, 0.3) is 0 Å². The predicted molar refractivity (Wildman–Crippen MR) is 65.5 cm³/mol. The van der Waals surface area contributed by atoms with Crippen LogP contribution in [0.4, 0.5) is 0 Å². The van der Waals surface area contributed by atoms with Gasteiger partial charge in [-0.2, -0.15) is 0 Å². The van der Waals surface area contributed by atoms with E-state index in [-0.39, 0.29) is 30.1 Å². The first-order chi connectivity index (χ1) is 10.4. The van der Waals surface area contributed by atoms with Crippen LogP contribution < -0.4 is 14.2 Å².